The lowest BCUT2D eigenvalue weighted by Crippen LogP contribution is -1.66. The van der Waals surface area contributed by atoms with Crippen molar-refractivity contribution in [2.75, 3.05) is 0 Å². The van der Waals surface area contributed by atoms with Crippen LogP contribution in [0.3, 0.4) is 0 Å². The van der Waals surface area contributed by atoms with Crippen molar-refractivity contribution in [2.45, 2.75) is 19.3 Å². The summed E-state index contributed by atoms with van der Waals surface area (Å²) >= 11 is 4.89. The summed E-state index contributed by atoms with van der Waals surface area (Å²) in [6, 6.07) is 0. The van der Waals surface area contributed by atoms with E-state index in [1.807, 2.05) is 0 Å². The van der Waals surface area contributed by atoms with E-state index in [1.165, 1.54) is 6.08 Å². The van der Waals surface area contributed by atoms with E-state index < -0.39 is 5.29 Å². The highest BCUT2D eigenvalue weighted by molar-refractivity contribution is 6.28. The molecule has 0 saturated carbocycles. The second-order valence-electron chi connectivity index (χ2n) is 1.49. The fraction of sp³-hybridized carbons (Fsp3) is 0.500. The van der Waals surface area contributed by atoms with Crippen LogP contribution in [0.5, 0.6) is 0 Å². The molecule has 0 bridgehead atoms. The van der Waals surface area contributed by atoms with Gasteiger partial charge in [-0.2, -0.15) is 4.39 Å². The highest BCUT2D eigenvalue weighted by Crippen LogP contribution is 2.05. The second kappa shape index (κ2) is 5.10. The molecule has 0 amide bonds. The predicted molar refractivity (Wildman–Crippen MR) is 34.3 cm³/mol. The van der Waals surface area contributed by atoms with Gasteiger partial charge in [0.25, 0.3) is 0 Å². The molecule has 0 spiro atoms. The van der Waals surface area contributed by atoms with E-state index in [9.17, 15) is 4.39 Å². The Morgan fingerprint density at radius 1 is 1.75 bits per heavy atom. The lowest BCUT2D eigenvalue weighted by molar-refractivity contribution is 0.683. The van der Waals surface area contributed by atoms with Crippen molar-refractivity contribution in [1.82, 2.24) is 0 Å². The minimum Gasteiger partial charge on any atom is -0.194 e. The zero-order valence-electron chi connectivity index (χ0n) is 4.66. The van der Waals surface area contributed by atoms with Crippen molar-refractivity contribution in [1.29, 1.82) is 0 Å². The van der Waals surface area contributed by atoms with Crippen molar-refractivity contribution in [3.63, 3.8) is 0 Å². The number of allylic oxidation sites excluding steroid dienone is 1. The SMILES string of the molecule is [CH2]CCCC=C(F)Cl. The van der Waals surface area contributed by atoms with Crippen LogP contribution in [-0.2, 0) is 0 Å². The molecule has 0 aliphatic heterocycles. The number of unbranched alkanes of at least 4 members (excludes halogenated alkanes) is 2. The molecular weight excluding hydrogens is 127 g/mol. The topological polar surface area (TPSA) is 0 Å². The smallest absolute Gasteiger partial charge is 0.185 e. The van der Waals surface area contributed by atoms with Crippen LogP contribution < -0.4 is 0 Å². The van der Waals surface area contributed by atoms with Gasteiger partial charge in [0.2, 0.25) is 0 Å². The van der Waals surface area contributed by atoms with Gasteiger partial charge in [0, 0.05) is 0 Å². The van der Waals surface area contributed by atoms with Gasteiger partial charge < -0.3 is 0 Å². The first-order valence-corrected chi connectivity index (χ1v) is 2.95. The Kier molecular flexibility index (Phi) is 5.08. The van der Waals surface area contributed by atoms with Gasteiger partial charge in [0.15, 0.2) is 5.29 Å². The summed E-state index contributed by atoms with van der Waals surface area (Å²) in [4.78, 5) is 0. The average Bonchev–Trinajstić information content (AvgIpc) is 1.66. The first-order valence-electron chi connectivity index (χ1n) is 2.57. The molecule has 0 fully saturated rings. The Morgan fingerprint density at radius 2 is 2.38 bits per heavy atom. The summed E-state index contributed by atoms with van der Waals surface area (Å²) in [5.74, 6) is 0. The molecule has 0 nitrogen and oxygen atoms in total. The molecule has 0 N–H and O–H groups in total. The summed E-state index contributed by atoms with van der Waals surface area (Å²) in [6.07, 6.45) is 3.78. The molecule has 1 radical (unpaired) electrons. The van der Waals surface area contributed by atoms with Crippen LogP contribution in [0, 0.1) is 6.92 Å². The van der Waals surface area contributed by atoms with Gasteiger partial charge in [-0.1, -0.05) is 24.9 Å². The highest BCUT2D eigenvalue weighted by atomic mass is 35.5. The third-order valence-corrected chi connectivity index (χ3v) is 0.907. The molecule has 47 valence electrons. The average molecular weight is 136 g/mol. The summed E-state index contributed by atoms with van der Waals surface area (Å²) in [7, 11) is 0. The summed E-state index contributed by atoms with van der Waals surface area (Å²) in [6.45, 7) is 3.59. The van der Waals surface area contributed by atoms with Gasteiger partial charge in [-0.25, -0.2) is 0 Å². The molecule has 2 heteroatoms. The first kappa shape index (κ1) is 7.96. The number of rotatable bonds is 3. The van der Waals surface area contributed by atoms with Crippen molar-refractivity contribution in [2.24, 2.45) is 0 Å². The number of halogens is 2. The van der Waals surface area contributed by atoms with Crippen molar-refractivity contribution < 1.29 is 4.39 Å². The maximum atomic E-state index is 11.6. The molecule has 0 heterocycles. The van der Waals surface area contributed by atoms with Gasteiger partial charge in [-0.15, -0.1) is 0 Å². The quantitative estimate of drug-likeness (QED) is 0.522. The lowest BCUT2D eigenvalue weighted by Gasteiger charge is -1.85. The lowest BCUT2D eigenvalue weighted by atomic mass is 10.2. The number of hydrogen-bond donors (Lipinski definition) is 0. The van der Waals surface area contributed by atoms with Crippen LogP contribution in [-0.4, -0.2) is 0 Å². The van der Waals surface area contributed by atoms with Crippen molar-refractivity contribution >= 4 is 11.6 Å². The zero-order chi connectivity index (χ0) is 6.41. The van der Waals surface area contributed by atoms with E-state index in [0.29, 0.717) is 6.42 Å². The van der Waals surface area contributed by atoms with E-state index in [4.69, 9.17) is 11.6 Å². The van der Waals surface area contributed by atoms with Gasteiger partial charge in [0.1, 0.15) is 0 Å². The van der Waals surface area contributed by atoms with E-state index in [-0.39, 0.29) is 0 Å². The Morgan fingerprint density at radius 3 is 2.75 bits per heavy atom. The van der Waals surface area contributed by atoms with E-state index >= 15 is 0 Å². The number of hydrogen-bond acceptors (Lipinski definition) is 0. The van der Waals surface area contributed by atoms with Crippen LogP contribution in [0.4, 0.5) is 4.39 Å². The fourth-order valence-corrected chi connectivity index (χ4v) is 0.465. The Bertz CT molecular complexity index is 74.6. The minimum absolute atomic E-state index is 0.613. The van der Waals surface area contributed by atoms with Gasteiger partial charge in [0.05, 0.1) is 0 Å². The van der Waals surface area contributed by atoms with Gasteiger partial charge in [-0.05, 0) is 18.9 Å². The third-order valence-electron chi connectivity index (χ3n) is 0.753. The molecule has 0 aliphatic rings. The summed E-state index contributed by atoms with van der Waals surface area (Å²) < 4.78 is 11.6. The fourth-order valence-electron chi connectivity index (χ4n) is 0.356. The summed E-state index contributed by atoms with van der Waals surface area (Å²) in [5.41, 5.74) is 0. The van der Waals surface area contributed by atoms with Gasteiger partial charge >= 0.3 is 0 Å². The van der Waals surface area contributed by atoms with Crippen molar-refractivity contribution in [3.05, 3.63) is 18.3 Å². The maximum Gasteiger partial charge on any atom is 0.185 e. The van der Waals surface area contributed by atoms with Crippen LogP contribution >= 0.6 is 11.6 Å². The van der Waals surface area contributed by atoms with Crippen LogP contribution in [0.15, 0.2) is 11.4 Å². The highest BCUT2D eigenvalue weighted by Gasteiger charge is 1.83. The van der Waals surface area contributed by atoms with E-state index in [1.54, 1.807) is 0 Å². The van der Waals surface area contributed by atoms with Crippen LogP contribution in [0.1, 0.15) is 19.3 Å². The second-order valence-corrected chi connectivity index (χ2v) is 1.85. The Hall–Kier alpha value is -0.0400. The van der Waals surface area contributed by atoms with Crippen molar-refractivity contribution in [3.8, 4) is 0 Å². The molecule has 0 atom stereocenters. The molecule has 0 unspecified atom stereocenters. The first-order chi connectivity index (χ1) is 3.77. The molecule has 0 rings (SSSR count). The van der Waals surface area contributed by atoms with E-state index in [0.717, 1.165) is 12.8 Å². The Balaban J connectivity index is 3.03. The molecule has 0 aliphatic carbocycles. The van der Waals surface area contributed by atoms with Crippen LogP contribution in [0.25, 0.3) is 0 Å². The summed E-state index contributed by atoms with van der Waals surface area (Å²) in [5, 5.41) is -0.613. The normalized spacial score (nSPS) is 12.1. The molecule has 0 saturated heterocycles. The third kappa shape index (κ3) is 5.96. The molecule has 0 aromatic heterocycles. The maximum absolute atomic E-state index is 11.6. The Labute approximate surface area is 54.3 Å². The molecular formula is C6H9ClF. The monoisotopic (exact) mass is 135 g/mol. The largest absolute Gasteiger partial charge is 0.194 e. The zero-order valence-corrected chi connectivity index (χ0v) is 5.42. The van der Waals surface area contributed by atoms with E-state index in [2.05, 4.69) is 6.92 Å². The predicted octanol–water partition coefficient (Wildman–Crippen LogP) is 3.04. The molecule has 8 heavy (non-hydrogen) atoms. The molecule has 0 aromatic rings. The minimum atomic E-state index is -0.613. The van der Waals surface area contributed by atoms with Gasteiger partial charge in [-0.3, -0.25) is 0 Å². The molecule has 0 aromatic carbocycles. The van der Waals surface area contributed by atoms with Crippen LogP contribution in [0.2, 0.25) is 0 Å². The standard InChI is InChI=1S/C6H9ClF/c1-2-3-4-5-6(7)8/h5H,1-4H2.